The number of hydrogen-bond donors (Lipinski definition) is 1. The van der Waals surface area contributed by atoms with Crippen molar-refractivity contribution in [1.29, 1.82) is 0 Å². The predicted octanol–water partition coefficient (Wildman–Crippen LogP) is 2.18. The van der Waals surface area contributed by atoms with Gasteiger partial charge in [0.25, 0.3) is 5.91 Å². The van der Waals surface area contributed by atoms with Crippen LogP contribution in [0.5, 0.6) is 5.75 Å². The molecule has 114 valence electrons. The summed E-state index contributed by atoms with van der Waals surface area (Å²) in [6, 6.07) is 3.67. The quantitative estimate of drug-likeness (QED) is 0.904. The van der Waals surface area contributed by atoms with E-state index < -0.39 is 11.8 Å². The third-order valence-corrected chi connectivity index (χ3v) is 3.64. The van der Waals surface area contributed by atoms with Gasteiger partial charge in [0.2, 0.25) is 0 Å². The molecule has 5 nitrogen and oxygen atoms in total. The van der Waals surface area contributed by atoms with Gasteiger partial charge in [-0.05, 0) is 30.5 Å². The molecular weight excluding hydrogens is 301 g/mol. The molecule has 0 aromatic heterocycles. The number of ether oxygens (including phenoxy) is 1. The standard InChI is InChI=1S/C14H15ClFNO4/c15-11-6-10(16)1-2-12(11)21-8-13(18)17-4-3-9(7-17)5-14(19)20/h1-2,6,9H,3-5,7-8H2,(H,19,20). The molecule has 0 spiro atoms. The van der Waals surface area contributed by atoms with Gasteiger partial charge >= 0.3 is 5.97 Å². The average molecular weight is 316 g/mol. The van der Waals surface area contributed by atoms with Gasteiger partial charge < -0.3 is 14.7 Å². The number of carbonyl (C=O) groups is 2. The first kappa shape index (κ1) is 15.6. The van der Waals surface area contributed by atoms with E-state index in [1.54, 1.807) is 4.90 Å². The monoisotopic (exact) mass is 315 g/mol. The second-order valence-electron chi connectivity index (χ2n) is 4.96. The zero-order valence-electron chi connectivity index (χ0n) is 11.2. The molecule has 1 unspecified atom stereocenters. The van der Waals surface area contributed by atoms with E-state index in [4.69, 9.17) is 21.4 Å². The molecule has 1 heterocycles. The predicted molar refractivity (Wildman–Crippen MR) is 73.8 cm³/mol. The van der Waals surface area contributed by atoms with Crippen molar-refractivity contribution in [3.8, 4) is 5.75 Å². The van der Waals surface area contributed by atoms with Gasteiger partial charge in [-0.15, -0.1) is 0 Å². The summed E-state index contributed by atoms with van der Waals surface area (Å²) in [5.74, 6) is -1.34. The van der Waals surface area contributed by atoms with E-state index in [0.29, 0.717) is 19.5 Å². The highest BCUT2D eigenvalue weighted by Crippen LogP contribution is 2.25. The number of likely N-dealkylation sites (tertiary alicyclic amines) is 1. The van der Waals surface area contributed by atoms with E-state index in [1.165, 1.54) is 12.1 Å². The molecule has 1 atom stereocenters. The van der Waals surface area contributed by atoms with E-state index in [9.17, 15) is 14.0 Å². The van der Waals surface area contributed by atoms with Crippen molar-refractivity contribution < 1.29 is 23.8 Å². The normalized spacial score (nSPS) is 17.8. The molecule has 0 radical (unpaired) electrons. The number of carbonyl (C=O) groups excluding carboxylic acids is 1. The number of nitrogens with zero attached hydrogens (tertiary/aromatic N) is 1. The third kappa shape index (κ3) is 4.32. The highest BCUT2D eigenvalue weighted by molar-refractivity contribution is 6.32. The number of carboxylic acid groups (broad SMARTS) is 1. The lowest BCUT2D eigenvalue weighted by atomic mass is 10.1. The van der Waals surface area contributed by atoms with Crippen molar-refractivity contribution in [2.24, 2.45) is 5.92 Å². The molecule has 1 fully saturated rings. The zero-order valence-corrected chi connectivity index (χ0v) is 12.0. The van der Waals surface area contributed by atoms with Gasteiger partial charge in [0.1, 0.15) is 11.6 Å². The van der Waals surface area contributed by atoms with Crippen LogP contribution >= 0.6 is 11.6 Å². The highest BCUT2D eigenvalue weighted by Gasteiger charge is 2.27. The molecule has 7 heteroatoms. The molecular formula is C14H15ClFNO4. The molecule has 0 aliphatic carbocycles. The number of halogens is 2. The van der Waals surface area contributed by atoms with Gasteiger partial charge in [-0.1, -0.05) is 11.6 Å². The first-order chi connectivity index (χ1) is 9.95. The van der Waals surface area contributed by atoms with Gasteiger partial charge in [0.15, 0.2) is 6.61 Å². The van der Waals surface area contributed by atoms with E-state index in [-0.39, 0.29) is 35.6 Å². The number of carboxylic acids is 1. The molecule has 1 N–H and O–H groups in total. The van der Waals surface area contributed by atoms with Crippen molar-refractivity contribution in [2.75, 3.05) is 19.7 Å². The summed E-state index contributed by atoms with van der Waals surface area (Å²) in [6.07, 6.45) is 0.740. The number of aliphatic carboxylic acids is 1. The summed E-state index contributed by atoms with van der Waals surface area (Å²) in [6.45, 7) is 0.744. The summed E-state index contributed by atoms with van der Waals surface area (Å²) >= 11 is 5.80. The Hall–Kier alpha value is -1.82. The second kappa shape index (κ2) is 6.76. The average Bonchev–Trinajstić information content (AvgIpc) is 2.85. The minimum Gasteiger partial charge on any atom is -0.482 e. The van der Waals surface area contributed by atoms with Crippen molar-refractivity contribution in [3.05, 3.63) is 29.0 Å². The smallest absolute Gasteiger partial charge is 0.303 e. The second-order valence-corrected chi connectivity index (χ2v) is 5.36. The molecule has 1 aromatic rings. The van der Waals surface area contributed by atoms with Crippen molar-refractivity contribution in [3.63, 3.8) is 0 Å². The van der Waals surface area contributed by atoms with Crippen LogP contribution in [0, 0.1) is 11.7 Å². The Morgan fingerprint density at radius 1 is 1.48 bits per heavy atom. The van der Waals surface area contributed by atoms with Gasteiger partial charge in [-0.2, -0.15) is 0 Å². The first-order valence-electron chi connectivity index (χ1n) is 6.53. The van der Waals surface area contributed by atoms with E-state index >= 15 is 0 Å². The lowest BCUT2D eigenvalue weighted by molar-refractivity contribution is -0.138. The van der Waals surface area contributed by atoms with Crippen LogP contribution in [0.25, 0.3) is 0 Å². The van der Waals surface area contributed by atoms with Crippen molar-refractivity contribution in [2.45, 2.75) is 12.8 Å². The highest BCUT2D eigenvalue weighted by atomic mass is 35.5. The Morgan fingerprint density at radius 2 is 2.24 bits per heavy atom. The maximum absolute atomic E-state index is 12.9. The molecule has 1 amide bonds. The molecule has 1 aliphatic rings. The maximum Gasteiger partial charge on any atom is 0.303 e. The Labute approximate surface area is 126 Å². The maximum atomic E-state index is 12.9. The fourth-order valence-electron chi connectivity index (χ4n) is 2.30. The molecule has 1 aromatic carbocycles. The van der Waals surface area contributed by atoms with Gasteiger partial charge in [0.05, 0.1) is 5.02 Å². The first-order valence-corrected chi connectivity index (χ1v) is 6.91. The SMILES string of the molecule is O=C(O)CC1CCN(C(=O)COc2ccc(F)cc2Cl)C1. The van der Waals surface area contributed by atoms with Crippen LogP contribution in [0.2, 0.25) is 5.02 Å². The van der Waals surface area contributed by atoms with Crippen LogP contribution in [-0.2, 0) is 9.59 Å². The Bertz CT molecular complexity index is 552. The number of hydrogen-bond acceptors (Lipinski definition) is 3. The van der Waals surface area contributed by atoms with Crippen LogP contribution in [0.4, 0.5) is 4.39 Å². The summed E-state index contributed by atoms with van der Waals surface area (Å²) in [7, 11) is 0. The van der Waals surface area contributed by atoms with Crippen molar-refractivity contribution in [1.82, 2.24) is 4.90 Å². The number of benzene rings is 1. The van der Waals surface area contributed by atoms with Crippen LogP contribution in [-0.4, -0.2) is 41.6 Å². The molecule has 2 rings (SSSR count). The topological polar surface area (TPSA) is 66.8 Å². The minimum absolute atomic E-state index is 0.0131. The molecule has 0 bridgehead atoms. The zero-order chi connectivity index (χ0) is 15.4. The number of amides is 1. The summed E-state index contributed by atoms with van der Waals surface area (Å²) in [5.41, 5.74) is 0. The Morgan fingerprint density at radius 3 is 2.90 bits per heavy atom. The van der Waals surface area contributed by atoms with Gasteiger partial charge in [0, 0.05) is 19.5 Å². The lowest BCUT2D eigenvalue weighted by Gasteiger charge is -2.17. The van der Waals surface area contributed by atoms with E-state index in [1.807, 2.05) is 0 Å². The van der Waals surface area contributed by atoms with Crippen molar-refractivity contribution >= 4 is 23.5 Å². The fourth-order valence-corrected chi connectivity index (χ4v) is 2.52. The minimum atomic E-state index is -0.858. The van der Waals surface area contributed by atoms with Gasteiger partial charge in [-0.25, -0.2) is 4.39 Å². The van der Waals surface area contributed by atoms with Crippen LogP contribution < -0.4 is 4.74 Å². The molecule has 21 heavy (non-hydrogen) atoms. The summed E-state index contributed by atoms with van der Waals surface area (Å²) in [5, 5.41) is 8.83. The van der Waals surface area contributed by atoms with Gasteiger partial charge in [-0.3, -0.25) is 9.59 Å². The van der Waals surface area contributed by atoms with Crippen LogP contribution in [0.3, 0.4) is 0 Å². The third-order valence-electron chi connectivity index (χ3n) is 3.35. The van der Waals surface area contributed by atoms with E-state index in [0.717, 1.165) is 6.07 Å². The largest absolute Gasteiger partial charge is 0.482 e. The number of rotatable bonds is 5. The fraction of sp³-hybridized carbons (Fsp3) is 0.429. The molecule has 1 saturated heterocycles. The van der Waals surface area contributed by atoms with Crippen LogP contribution in [0.1, 0.15) is 12.8 Å². The summed E-state index contributed by atoms with van der Waals surface area (Å²) in [4.78, 5) is 24.2. The Kier molecular flexibility index (Phi) is 5.01. The lowest BCUT2D eigenvalue weighted by Crippen LogP contribution is -2.33. The van der Waals surface area contributed by atoms with Crippen LogP contribution in [0.15, 0.2) is 18.2 Å². The van der Waals surface area contributed by atoms with E-state index in [2.05, 4.69) is 0 Å². The molecule has 1 aliphatic heterocycles. The summed E-state index contributed by atoms with van der Waals surface area (Å²) < 4.78 is 18.2. The Balaban J connectivity index is 1.84. The molecule has 0 saturated carbocycles.